The smallest absolute Gasteiger partial charge is 0.178 e. The maximum Gasteiger partial charge on any atom is 0.178 e. The molecule has 0 atom stereocenters. The summed E-state index contributed by atoms with van der Waals surface area (Å²) in [7, 11) is 0. The van der Waals surface area contributed by atoms with Gasteiger partial charge in [0, 0.05) is 38.1 Å². The van der Waals surface area contributed by atoms with Gasteiger partial charge in [-0.05, 0) is 25.0 Å². The lowest BCUT2D eigenvalue weighted by atomic mass is 10.2. The van der Waals surface area contributed by atoms with Gasteiger partial charge < -0.3 is 0 Å². The van der Waals surface area contributed by atoms with Crippen molar-refractivity contribution in [2.24, 2.45) is 0 Å². The van der Waals surface area contributed by atoms with Crippen LogP contribution in [0.3, 0.4) is 0 Å². The van der Waals surface area contributed by atoms with Gasteiger partial charge in [-0.15, -0.1) is 0 Å². The minimum absolute atomic E-state index is 1.08. The molecule has 100 valence electrons. The van der Waals surface area contributed by atoms with Gasteiger partial charge in [-0.2, -0.15) is 0 Å². The van der Waals surface area contributed by atoms with Crippen molar-refractivity contribution >= 4 is 0 Å². The van der Waals surface area contributed by atoms with E-state index in [1.807, 2.05) is 0 Å². The van der Waals surface area contributed by atoms with E-state index < -0.39 is 0 Å². The lowest BCUT2D eigenvalue weighted by Crippen LogP contribution is -2.42. The number of hydrogen-bond acceptors (Lipinski definition) is 0. The van der Waals surface area contributed by atoms with Gasteiger partial charge in [-0.25, -0.2) is 9.13 Å². The first-order valence-corrected chi connectivity index (χ1v) is 6.99. The number of aromatic nitrogens is 2. The highest BCUT2D eigenvalue weighted by Crippen LogP contribution is 1.99. The van der Waals surface area contributed by atoms with Gasteiger partial charge in [0.25, 0.3) is 0 Å². The molecule has 0 aromatic carbocycles. The van der Waals surface area contributed by atoms with Crippen molar-refractivity contribution in [1.29, 1.82) is 0 Å². The topological polar surface area (TPSA) is 7.76 Å². The lowest BCUT2D eigenvalue weighted by molar-refractivity contribution is -0.732. The molecule has 2 aromatic rings. The van der Waals surface area contributed by atoms with E-state index in [0.717, 1.165) is 19.5 Å². The van der Waals surface area contributed by atoms with Crippen LogP contribution in [0.4, 0.5) is 0 Å². The van der Waals surface area contributed by atoms with Crippen LogP contribution in [0.2, 0.25) is 0 Å². The number of pyridine rings is 2. The Hall–Kier alpha value is -1.70. The van der Waals surface area contributed by atoms with Crippen LogP contribution in [0, 0.1) is 27.7 Å². The first-order chi connectivity index (χ1) is 9.06. The SMILES string of the molecule is Cc1cc[n+](CCC[n+]2ccc(C)cc2C)c(C)c1. The average Bonchev–Trinajstić information content (AvgIpc) is 2.34. The van der Waals surface area contributed by atoms with Crippen LogP contribution in [-0.2, 0) is 13.1 Å². The molecule has 0 aliphatic heterocycles. The zero-order valence-corrected chi connectivity index (χ0v) is 12.5. The summed E-state index contributed by atoms with van der Waals surface area (Å²) in [4.78, 5) is 0. The summed E-state index contributed by atoms with van der Waals surface area (Å²) in [6.07, 6.45) is 5.54. The molecule has 0 radical (unpaired) electrons. The summed E-state index contributed by atoms with van der Waals surface area (Å²) in [5, 5.41) is 0. The Labute approximate surface area is 116 Å². The quantitative estimate of drug-likeness (QED) is 0.743. The summed E-state index contributed by atoms with van der Waals surface area (Å²) in [5.41, 5.74) is 5.34. The summed E-state index contributed by atoms with van der Waals surface area (Å²) in [6.45, 7) is 10.8. The van der Waals surface area contributed by atoms with Gasteiger partial charge in [0.1, 0.15) is 0 Å². The van der Waals surface area contributed by atoms with Crippen molar-refractivity contribution in [3.63, 3.8) is 0 Å². The van der Waals surface area contributed by atoms with E-state index in [0.29, 0.717) is 0 Å². The fourth-order valence-electron chi connectivity index (χ4n) is 2.48. The third kappa shape index (κ3) is 3.63. The zero-order valence-electron chi connectivity index (χ0n) is 12.5. The standard InChI is InChI=1S/C17H24N2/c1-14-6-10-18(16(3)12-14)8-5-9-19-11-7-15(2)13-17(19)4/h6-7,10-13H,5,8-9H2,1-4H3/q+2. The predicted octanol–water partition coefficient (Wildman–Crippen LogP) is 2.59. The Morgan fingerprint density at radius 2 is 1.16 bits per heavy atom. The van der Waals surface area contributed by atoms with Crippen LogP contribution in [0.25, 0.3) is 0 Å². The maximum absolute atomic E-state index is 2.33. The fourth-order valence-corrected chi connectivity index (χ4v) is 2.48. The molecule has 0 unspecified atom stereocenters. The Morgan fingerprint density at radius 3 is 1.53 bits per heavy atom. The monoisotopic (exact) mass is 256 g/mol. The van der Waals surface area contributed by atoms with E-state index in [9.17, 15) is 0 Å². The van der Waals surface area contributed by atoms with Crippen LogP contribution in [0.5, 0.6) is 0 Å². The lowest BCUT2D eigenvalue weighted by Gasteiger charge is -2.02. The number of rotatable bonds is 4. The normalized spacial score (nSPS) is 10.7. The van der Waals surface area contributed by atoms with Crippen LogP contribution in [0.15, 0.2) is 36.7 Å². The molecule has 2 nitrogen and oxygen atoms in total. The van der Waals surface area contributed by atoms with Crippen molar-refractivity contribution < 1.29 is 9.13 Å². The first kappa shape index (κ1) is 13.7. The van der Waals surface area contributed by atoms with Crippen molar-refractivity contribution in [2.75, 3.05) is 0 Å². The second kappa shape index (κ2) is 5.96. The van der Waals surface area contributed by atoms with E-state index in [2.05, 4.69) is 73.5 Å². The molecule has 0 bridgehead atoms. The molecule has 0 aliphatic carbocycles. The summed E-state index contributed by atoms with van der Waals surface area (Å²) < 4.78 is 4.66. The van der Waals surface area contributed by atoms with Crippen molar-refractivity contribution in [3.05, 3.63) is 59.2 Å². The van der Waals surface area contributed by atoms with E-state index in [1.54, 1.807) is 0 Å². The minimum atomic E-state index is 1.08. The molecule has 2 heteroatoms. The number of hydrogen-bond donors (Lipinski definition) is 0. The largest absolute Gasteiger partial charge is 0.202 e. The molecular formula is C17H24N2+2. The second-order valence-electron chi connectivity index (χ2n) is 5.43. The molecule has 0 saturated carbocycles. The van der Waals surface area contributed by atoms with E-state index in [4.69, 9.17) is 0 Å². The zero-order chi connectivity index (χ0) is 13.8. The summed E-state index contributed by atoms with van der Waals surface area (Å²) >= 11 is 0. The third-order valence-electron chi connectivity index (χ3n) is 3.61. The maximum atomic E-state index is 2.33. The molecule has 0 amide bonds. The van der Waals surface area contributed by atoms with Gasteiger partial charge >= 0.3 is 0 Å². The van der Waals surface area contributed by atoms with E-state index >= 15 is 0 Å². The number of nitrogens with zero attached hydrogens (tertiary/aromatic N) is 2. The minimum Gasteiger partial charge on any atom is -0.202 e. The van der Waals surface area contributed by atoms with Crippen LogP contribution >= 0.6 is 0 Å². The Morgan fingerprint density at radius 1 is 0.737 bits per heavy atom. The van der Waals surface area contributed by atoms with Crippen molar-refractivity contribution in [2.45, 2.75) is 47.2 Å². The average molecular weight is 256 g/mol. The Kier molecular flexibility index (Phi) is 4.31. The van der Waals surface area contributed by atoms with Crippen molar-refractivity contribution in [3.8, 4) is 0 Å². The highest BCUT2D eigenvalue weighted by molar-refractivity contribution is 5.09. The summed E-state index contributed by atoms with van der Waals surface area (Å²) in [6, 6.07) is 8.84. The van der Waals surface area contributed by atoms with Gasteiger partial charge in [0.2, 0.25) is 0 Å². The second-order valence-corrected chi connectivity index (χ2v) is 5.43. The molecule has 2 heterocycles. The molecule has 0 spiro atoms. The molecule has 0 N–H and O–H groups in total. The Balaban J connectivity index is 1.96. The third-order valence-corrected chi connectivity index (χ3v) is 3.61. The molecule has 2 aromatic heterocycles. The first-order valence-electron chi connectivity index (χ1n) is 6.99. The molecule has 0 fully saturated rings. The van der Waals surface area contributed by atoms with Gasteiger partial charge in [0.05, 0.1) is 6.42 Å². The Bertz CT molecular complexity index is 522. The van der Waals surface area contributed by atoms with Crippen LogP contribution < -0.4 is 9.13 Å². The van der Waals surface area contributed by atoms with Gasteiger partial charge in [-0.1, -0.05) is 0 Å². The van der Waals surface area contributed by atoms with Crippen molar-refractivity contribution in [1.82, 2.24) is 0 Å². The molecule has 0 aliphatic rings. The highest BCUT2D eigenvalue weighted by atomic mass is 15.0. The molecule has 2 rings (SSSR count). The fraction of sp³-hybridized carbons (Fsp3) is 0.412. The van der Waals surface area contributed by atoms with Crippen LogP contribution in [0.1, 0.15) is 28.9 Å². The predicted molar refractivity (Wildman–Crippen MR) is 76.8 cm³/mol. The van der Waals surface area contributed by atoms with Gasteiger partial charge in [0.15, 0.2) is 36.9 Å². The van der Waals surface area contributed by atoms with E-state index in [1.165, 1.54) is 22.5 Å². The molecule has 0 saturated heterocycles. The van der Waals surface area contributed by atoms with Crippen LogP contribution in [-0.4, -0.2) is 0 Å². The van der Waals surface area contributed by atoms with Gasteiger partial charge in [-0.3, -0.25) is 0 Å². The highest BCUT2D eigenvalue weighted by Gasteiger charge is 2.10. The van der Waals surface area contributed by atoms with E-state index in [-0.39, 0.29) is 0 Å². The number of aryl methyl sites for hydroxylation is 6. The molecule has 19 heavy (non-hydrogen) atoms. The molecular weight excluding hydrogens is 232 g/mol. The summed E-state index contributed by atoms with van der Waals surface area (Å²) in [5.74, 6) is 0.